The molecule has 102 valence electrons. The van der Waals surface area contributed by atoms with Crippen LogP contribution in [-0.4, -0.2) is 20.5 Å². The summed E-state index contributed by atoms with van der Waals surface area (Å²) in [5.74, 6) is 0.672. The van der Waals surface area contributed by atoms with Crippen molar-refractivity contribution < 1.29 is 13.2 Å². The number of nitrogens with zero attached hydrogens (tertiary/aromatic N) is 1. The summed E-state index contributed by atoms with van der Waals surface area (Å²) in [4.78, 5) is 4.15. The van der Waals surface area contributed by atoms with E-state index < -0.39 is 10.0 Å². The number of rotatable bonds is 4. The Kier molecular flexibility index (Phi) is 3.77. The van der Waals surface area contributed by atoms with Crippen LogP contribution in [0.2, 0.25) is 0 Å². The highest BCUT2D eigenvalue weighted by Crippen LogP contribution is 2.28. The molecule has 0 saturated heterocycles. The summed E-state index contributed by atoms with van der Waals surface area (Å²) in [6.07, 6.45) is 1.55. The van der Waals surface area contributed by atoms with Crippen LogP contribution in [0.1, 0.15) is 11.1 Å². The van der Waals surface area contributed by atoms with E-state index in [0.717, 1.165) is 5.56 Å². The second-order valence-electron chi connectivity index (χ2n) is 3.96. The van der Waals surface area contributed by atoms with Crippen LogP contribution in [-0.2, 0) is 10.0 Å². The third kappa shape index (κ3) is 2.71. The molecule has 0 radical (unpaired) electrons. The monoisotopic (exact) mass is 298 g/mol. The fraction of sp³-hybridized carbons (Fsp3) is 0.250. The van der Waals surface area contributed by atoms with Crippen molar-refractivity contribution in [3.05, 3.63) is 34.8 Å². The number of benzene rings is 1. The molecule has 0 aliphatic rings. The summed E-state index contributed by atoms with van der Waals surface area (Å²) in [6, 6.07) is 3.19. The lowest BCUT2D eigenvalue weighted by Crippen LogP contribution is -2.14. The zero-order chi connectivity index (χ0) is 14.0. The number of thiazole rings is 1. The largest absolute Gasteiger partial charge is 0.496 e. The van der Waals surface area contributed by atoms with Gasteiger partial charge in [0.1, 0.15) is 5.75 Å². The fourth-order valence-electron chi connectivity index (χ4n) is 1.73. The van der Waals surface area contributed by atoms with E-state index in [1.54, 1.807) is 31.7 Å². The van der Waals surface area contributed by atoms with Gasteiger partial charge in [-0.1, -0.05) is 0 Å². The number of hydrogen-bond acceptors (Lipinski definition) is 5. The minimum Gasteiger partial charge on any atom is -0.496 e. The molecule has 2 rings (SSSR count). The maximum atomic E-state index is 12.3. The van der Waals surface area contributed by atoms with Crippen molar-refractivity contribution in [2.45, 2.75) is 18.7 Å². The molecule has 1 aromatic carbocycles. The molecule has 0 fully saturated rings. The molecule has 0 aliphatic carbocycles. The van der Waals surface area contributed by atoms with E-state index in [2.05, 4.69) is 9.71 Å². The Morgan fingerprint density at radius 1 is 1.26 bits per heavy atom. The highest BCUT2D eigenvalue weighted by molar-refractivity contribution is 7.93. The summed E-state index contributed by atoms with van der Waals surface area (Å²) in [5, 5.41) is 2.07. The average Bonchev–Trinajstić information content (AvgIpc) is 2.84. The molecule has 0 atom stereocenters. The lowest BCUT2D eigenvalue weighted by Gasteiger charge is -2.13. The molecule has 0 unspecified atom stereocenters. The predicted molar refractivity (Wildman–Crippen MR) is 75.4 cm³/mol. The molecule has 0 aliphatic heterocycles. The minimum absolute atomic E-state index is 0.237. The van der Waals surface area contributed by atoms with E-state index in [0.29, 0.717) is 16.4 Å². The Bertz CT molecular complexity index is 679. The van der Waals surface area contributed by atoms with Crippen molar-refractivity contribution >= 4 is 26.5 Å². The zero-order valence-corrected chi connectivity index (χ0v) is 12.4. The summed E-state index contributed by atoms with van der Waals surface area (Å²) in [5.41, 5.74) is 1.48. The van der Waals surface area contributed by atoms with Gasteiger partial charge in [0.15, 0.2) is 5.13 Å². The first-order chi connectivity index (χ1) is 8.95. The zero-order valence-electron chi connectivity index (χ0n) is 10.8. The van der Waals surface area contributed by atoms with Gasteiger partial charge in [-0.05, 0) is 37.1 Å². The van der Waals surface area contributed by atoms with Crippen LogP contribution in [0.15, 0.2) is 28.6 Å². The number of hydrogen-bond donors (Lipinski definition) is 1. The summed E-state index contributed by atoms with van der Waals surface area (Å²) in [7, 11) is -2.06. The molecule has 7 heteroatoms. The van der Waals surface area contributed by atoms with Gasteiger partial charge in [-0.15, -0.1) is 11.3 Å². The summed E-state index contributed by atoms with van der Waals surface area (Å²) >= 11 is 1.24. The van der Waals surface area contributed by atoms with Gasteiger partial charge in [0.2, 0.25) is 0 Å². The van der Waals surface area contributed by atoms with Crippen molar-refractivity contribution in [3.63, 3.8) is 0 Å². The quantitative estimate of drug-likeness (QED) is 0.942. The number of anilines is 1. The van der Waals surface area contributed by atoms with Gasteiger partial charge in [-0.3, -0.25) is 4.72 Å². The SMILES string of the molecule is COc1ccc(S(=O)(=O)Nc2nccs2)c(C)c1C. The lowest BCUT2D eigenvalue weighted by molar-refractivity contribution is 0.411. The number of methoxy groups -OCH3 is 1. The van der Waals surface area contributed by atoms with Crippen LogP contribution in [0.25, 0.3) is 0 Å². The molecule has 1 N–H and O–H groups in total. The van der Waals surface area contributed by atoms with Crippen molar-refractivity contribution in [2.24, 2.45) is 0 Å². The third-order valence-corrected chi connectivity index (χ3v) is 5.15. The van der Waals surface area contributed by atoms with Crippen LogP contribution in [0, 0.1) is 13.8 Å². The Morgan fingerprint density at radius 3 is 2.58 bits per heavy atom. The van der Waals surface area contributed by atoms with E-state index in [9.17, 15) is 8.42 Å². The Labute approximate surface area is 116 Å². The van der Waals surface area contributed by atoms with E-state index >= 15 is 0 Å². The molecule has 0 spiro atoms. The molecule has 19 heavy (non-hydrogen) atoms. The van der Waals surface area contributed by atoms with Crippen LogP contribution >= 0.6 is 11.3 Å². The molecule has 1 heterocycles. The standard InChI is InChI=1S/C12H14N2O3S2/c1-8-9(2)11(5-4-10(8)17-3)19(15,16)14-12-13-6-7-18-12/h4-7H,1-3H3,(H,13,14). The van der Waals surface area contributed by atoms with Gasteiger partial charge in [-0.2, -0.15) is 0 Å². The molecule has 5 nitrogen and oxygen atoms in total. The fourth-order valence-corrected chi connectivity index (χ4v) is 3.82. The van der Waals surface area contributed by atoms with Gasteiger partial charge < -0.3 is 4.74 Å². The number of aromatic nitrogens is 1. The van der Waals surface area contributed by atoms with Gasteiger partial charge in [0, 0.05) is 11.6 Å². The molecular weight excluding hydrogens is 284 g/mol. The van der Waals surface area contributed by atoms with Gasteiger partial charge >= 0.3 is 0 Å². The molecule has 2 aromatic rings. The lowest BCUT2D eigenvalue weighted by atomic mass is 10.1. The van der Waals surface area contributed by atoms with Gasteiger partial charge in [-0.25, -0.2) is 13.4 Å². The molecule has 0 saturated carbocycles. The minimum atomic E-state index is -3.62. The molecular formula is C12H14N2O3S2. The maximum absolute atomic E-state index is 12.3. The van der Waals surface area contributed by atoms with Crippen LogP contribution < -0.4 is 9.46 Å². The van der Waals surface area contributed by atoms with Crippen molar-refractivity contribution in [1.82, 2.24) is 4.98 Å². The second-order valence-corrected chi connectivity index (χ2v) is 6.50. The Morgan fingerprint density at radius 2 is 2.00 bits per heavy atom. The van der Waals surface area contributed by atoms with Crippen LogP contribution in [0.5, 0.6) is 5.75 Å². The highest BCUT2D eigenvalue weighted by atomic mass is 32.2. The summed E-state index contributed by atoms with van der Waals surface area (Å²) < 4.78 is 32.2. The maximum Gasteiger partial charge on any atom is 0.263 e. The predicted octanol–water partition coefficient (Wildman–Crippen LogP) is 2.57. The summed E-state index contributed by atoms with van der Waals surface area (Å²) in [6.45, 7) is 3.59. The highest BCUT2D eigenvalue weighted by Gasteiger charge is 2.20. The first kappa shape index (κ1) is 13.8. The molecule has 0 bridgehead atoms. The third-order valence-electron chi connectivity index (χ3n) is 2.85. The van der Waals surface area contributed by atoms with E-state index in [1.807, 2.05) is 6.92 Å². The van der Waals surface area contributed by atoms with E-state index in [4.69, 9.17) is 4.74 Å². The molecule has 1 aromatic heterocycles. The first-order valence-electron chi connectivity index (χ1n) is 5.52. The molecule has 0 amide bonds. The van der Waals surface area contributed by atoms with Crippen LogP contribution in [0.3, 0.4) is 0 Å². The van der Waals surface area contributed by atoms with E-state index in [-0.39, 0.29) is 4.90 Å². The topological polar surface area (TPSA) is 68.3 Å². The van der Waals surface area contributed by atoms with Gasteiger partial charge in [0.25, 0.3) is 10.0 Å². The smallest absolute Gasteiger partial charge is 0.263 e. The Balaban J connectivity index is 2.44. The Hall–Kier alpha value is -1.60. The van der Waals surface area contributed by atoms with Crippen LogP contribution in [0.4, 0.5) is 5.13 Å². The van der Waals surface area contributed by atoms with Crippen molar-refractivity contribution in [1.29, 1.82) is 0 Å². The van der Waals surface area contributed by atoms with Gasteiger partial charge in [0.05, 0.1) is 12.0 Å². The second kappa shape index (κ2) is 5.18. The average molecular weight is 298 g/mol. The van der Waals surface area contributed by atoms with Crippen molar-refractivity contribution in [3.8, 4) is 5.75 Å². The first-order valence-corrected chi connectivity index (χ1v) is 7.88. The number of nitrogens with one attached hydrogen (secondary N) is 1. The van der Waals surface area contributed by atoms with E-state index in [1.165, 1.54) is 17.4 Å². The van der Waals surface area contributed by atoms with Crippen molar-refractivity contribution in [2.75, 3.05) is 11.8 Å². The normalized spacial score (nSPS) is 11.3. The number of sulfonamides is 1. The number of ether oxygens (including phenoxy) is 1.